The minimum Gasteiger partial charge on any atom is -0.201 e. The molecule has 12 heavy (non-hydrogen) atoms. The summed E-state index contributed by atoms with van der Waals surface area (Å²) in [5.41, 5.74) is 0. The highest BCUT2D eigenvalue weighted by atomic mass is 14.9. The van der Waals surface area contributed by atoms with Gasteiger partial charge in [-0.3, -0.25) is 0 Å². The molecule has 1 aromatic rings. The number of hydrogen-bond acceptors (Lipinski definition) is 0. The first kappa shape index (κ1) is 8.72. The fraction of sp³-hybridized carbons (Fsp3) is 0.182. The largest absolute Gasteiger partial charge is 0.201 e. The molecule has 0 amide bonds. The van der Waals surface area contributed by atoms with Crippen LogP contribution in [-0.4, -0.2) is 0 Å². The van der Waals surface area contributed by atoms with Crippen LogP contribution >= 0.6 is 0 Å². The lowest BCUT2D eigenvalue weighted by molar-refractivity contribution is -0.687. The van der Waals surface area contributed by atoms with E-state index in [4.69, 9.17) is 0 Å². The third kappa shape index (κ3) is 3.15. The molecule has 62 valence electrons. The Hall–Kier alpha value is -1.37. The Bertz CT molecular complexity index is 249. The third-order valence-electron chi connectivity index (χ3n) is 1.56. The number of hydrogen-bond donors (Lipinski definition) is 0. The minimum atomic E-state index is 0.939. The molecule has 1 heteroatoms. The standard InChI is InChI=1S/C11H14N/c1-2-3-4-6-9-12-10-7-5-8-11-12/h2,4-8,10-11H,1,3,9H2/q+1. The van der Waals surface area contributed by atoms with Crippen LogP contribution in [0.25, 0.3) is 0 Å². The molecule has 0 radical (unpaired) electrons. The predicted molar refractivity (Wildman–Crippen MR) is 50.6 cm³/mol. The van der Waals surface area contributed by atoms with Crippen molar-refractivity contribution in [2.75, 3.05) is 0 Å². The van der Waals surface area contributed by atoms with Gasteiger partial charge in [0.25, 0.3) is 0 Å². The molecule has 0 fully saturated rings. The van der Waals surface area contributed by atoms with Crippen LogP contribution in [0.5, 0.6) is 0 Å². The minimum absolute atomic E-state index is 0.939. The Kier molecular flexibility index (Phi) is 3.86. The molecule has 0 spiro atoms. The van der Waals surface area contributed by atoms with Crippen molar-refractivity contribution in [1.82, 2.24) is 0 Å². The van der Waals surface area contributed by atoms with Gasteiger partial charge in [-0.15, -0.1) is 6.58 Å². The molecule has 0 aromatic carbocycles. The average molecular weight is 160 g/mol. The first-order valence-corrected chi connectivity index (χ1v) is 4.13. The molecule has 0 atom stereocenters. The fourth-order valence-electron chi connectivity index (χ4n) is 0.945. The van der Waals surface area contributed by atoms with Gasteiger partial charge in [0, 0.05) is 12.1 Å². The van der Waals surface area contributed by atoms with E-state index in [0.717, 1.165) is 13.0 Å². The molecule has 0 aliphatic heterocycles. The van der Waals surface area contributed by atoms with E-state index < -0.39 is 0 Å². The number of aromatic nitrogens is 1. The lowest BCUT2D eigenvalue weighted by Crippen LogP contribution is -2.30. The highest BCUT2D eigenvalue weighted by molar-refractivity contribution is 4.87. The topological polar surface area (TPSA) is 3.88 Å². The van der Waals surface area contributed by atoms with Crippen LogP contribution in [0.3, 0.4) is 0 Å². The maximum absolute atomic E-state index is 3.65. The van der Waals surface area contributed by atoms with Crippen LogP contribution < -0.4 is 4.57 Å². The van der Waals surface area contributed by atoms with Crippen LogP contribution in [0.2, 0.25) is 0 Å². The number of pyridine rings is 1. The summed E-state index contributed by atoms with van der Waals surface area (Å²) in [7, 11) is 0. The molecular formula is C11H14N+. The van der Waals surface area contributed by atoms with Crippen molar-refractivity contribution in [1.29, 1.82) is 0 Å². The lowest BCUT2D eigenvalue weighted by atomic mass is 10.3. The van der Waals surface area contributed by atoms with Gasteiger partial charge >= 0.3 is 0 Å². The van der Waals surface area contributed by atoms with E-state index in [2.05, 4.69) is 35.7 Å². The fourth-order valence-corrected chi connectivity index (χ4v) is 0.945. The molecule has 1 nitrogen and oxygen atoms in total. The van der Waals surface area contributed by atoms with Crippen LogP contribution in [0.4, 0.5) is 0 Å². The molecule has 1 aromatic heterocycles. The third-order valence-corrected chi connectivity index (χ3v) is 1.56. The molecule has 0 N–H and O–H groups in total. The molecule has 0 saturated heterocycles. The molecule has 0 saturated carbocycles. The van der Waals surface area contributed by atoms with Crippen LogP contribution in [-0.2, 0) is 6.54 Å². The van der Waals surface area contributed by atoms with Gasteiger partial charge in [0.2, 0.25) is 0 Å². The van der Waals surface area contributed by atoms with E-state index in [9.17, 15) is 0 Å². The Labute approximate surface area is 73.7 Å². The van der Waals surface area contributed by atoms with Gasteiger partial charge in [0.1, 0.15) is 0 Å². The Morgan fingerprint density at radius 1 is 1.08 bits per heavy atom. The van der Waals surface area contributed by atoms with Crippen LogP contribution in [0.15, 0.2) is 55.4 Å². The summed E-state index contributed by atoms with van der Waals surface area (Å²) in [5, 5.41) is 0. The van der Waals surface area contributed by atoms with Crippen LogP contribution in [0.1, 0.15) is 6.42 Å². The van der Waals surface area contributed by atoms with Crippen molar-refractivity contribution in [2.24, 2.45) is 0 Å². The molecule has 0 aliphatic carbocycles. The van der Waals surface area contributed by atoms with Crippen molar-refractivity contribution in [3.05, 3.63) is 55.4 Å². The van der Waals surface area contributed by atoms with Crippen molar-refractivity contribution >= 4 is 0 Å². The van der Waals surface area contributed by atoms with Gasteiger partial charge in [-0.25, -0.2) is 4.57 Å². The highest BCUT2D eigenvalue weighted by Gasteiger charge is 1.90. The molecule has 0 bridgehead atoms. The normalized spacial score (nSPS) is 10.3. The molecular weight excluding hydrogens is 146 g/mol. The highest BCUT2D eigenvalue weighted by Crippen LogP contribution is 1.83. The Balaban J connectivity index is 2.38. The molecule has 0 unspecified atom stereocenters. The molecule has 0 aliphatic rings. The Morgan fingerprint density at radius 3 is 2.50 bits per heavy atom. The van der Waals surface area contributed by atoms with Crippen LogP contribution in [0, 0.1) is 0 Å². The quantitative estimate of drug-likeness (QED) is 0.469. The number of nitrogens with zero attached hydrogens (tertiary/aromatic N) is 1. The average Bonchev–Trinajstić information content (AvgIpc) is 2.14. The Morgan fingerprint density at radius 2 is 1.83 bits per heavy atom. The van der Waals surface area contributed by atoms with Gasteiger partial charge < -0.3 is 0 Å². The predicted octanol–water partition coefficient (Wildman–Crippen LogP) is 2.11. The second-order valence-corrected chi connectivity index (χ2v) is 2.57. The monoisotopic (exact) mass is 160 g/mol. The van der Waals surface area contributed by atoms with Gasteiger partial charge in [-0.05, 0) is 12.5 Å². The maximum atomic E-state index is 3.65. The van der Waals surface area contributed by atoms with Gasteiger partial charge in [0.15, 0.2) is 18.9 Å². The first-order chi connectivity index (χ1) is 5.93. The molecule has 1 rings (SSSR count). The summed E-state index contributed by atoms with van der Waals surface area (Å²) in [5.74, 6) is 0. The second kappa shape index (κ2) is 5.30. The van der Waals surface area contributed by atoms with E-state index in [0.29, 0.717) is 0 Å². The van der Waals surface area contributed by atoms with Crippen molar-refractivity contribution < 1.29 is 4.57 Å². The number of allylic oxidation sites excluding steroid dienone is 3. The summed E-state index contributed by atoms with van der Waals surface area (Å²) in [6.45, 7) is 4.59. The molecule has 1 heterocycles. The summed E-state index contributed by atoms with van der Waals surface area (Å²) in [4.78, 5) is 0. The second-order valence-electron chi connectivity index (χ2n) is 2.57. The van der Waals surface area contributed by atoms with E-state index >= 15 is 0 Å². The van der Waals surface area contributed by atoms with E-state index in [1.807, 2.05) is 24.3 Å². The van der Waals surface area contributed by atoms with Gasteiger partial charge in [-0.2, -0.15) is 0 Å². The summed E-state index contributed by atoms with van der Waals surface area (Å²) >= 11 is 0. The van der Waals surface area contributed by atoms with Gasteiger partial charge in [-0.1, -0.05) is 18.2 Å². The summed E-state index contributed by atoms with van der Waals surface area (Å²) in [6, 6.07) is 6.08. The van der Waals surface area contributed by atoms with E-state index in [-0.39, 0.29) is 0 Å². The summed E-state index contributed by atoms with van der Waals surface area (Å²) < 4.78 is 2.12. The van der Waals surface area contributed by atoms with Crippen molar-refractivity contribution in [3.8, 4) is 0 Å². The summed E-state index contributed by atoms with van der Waals surface area (Å²) in [6.07, 6.45) is 11.2. The SMILES string of the molecule is C=CCC=CC[n+]1ccccc1. The van der Waals surface area contributed by atoms with Crippen molar-refractivity contribution in [2.45, 2.75) is 13.0 Å². The first-order valence-electron chi connectivity index (χ1n) is 4.13. The maximum Gasteiger partial charge on any atom is 0.169 e. The van der Waals surface area contributed by atoms with Gasteiger partial charge in [0.05, 0.1) is 0 Å². The zero-order chi connectivity index (χ0) is 8.65. The zero-order valence-electron chi connectivity index (χ0n) is 7.19. The van der Waals surface area contributed by atoms with E-state index in [1.165, 1.54) is 0 Å². The lowest BCUT2D eigenvalue weighted by Gasteiger charge is -1.88. The number of rotatable bonds is 4. The smallest absolute Gasteiger partial charge is 0.169 e. The van der Waals surface area contributed by atoms with E-state index in [1.54, 1.807) is 0 Å². The zero-order valence-corrected chi connectivity index (χ0v) is 7.19. The van der Waals surface area contributed by atoms with Crippen molar-refractivity contribution in [3.63, 3.8) is 0 Å².